The molecule has 1 saturated heterocycles. The second-order valence-electron chi connectivity index (χ2n) is 8.68. The topological polar surface area (TPSA) is 66.9 Å². The maximum atomic E-state index is 13.2. The summed E-state index contributed by atoms with van der Waals surface area (Å²) >= 11 is 0. The Hall–Kier alpha value is -4.26. The lowest BCUT2D eigenvalue weighted by molar-refractivity contribution is 0.0952. The molecule has 0 bridgehead atoms. The summed E-state index contributed by atoms with van der Waals surface area (Å²) in [7, 11) is 3.34. The van der Waals surface area contributed by atoms with Crippen LogP contribution in [0, 0.1) is 0 Å². The highest BCUT2D eigenvalue weighted by Gasteiger charge is 2.23. The van der Waals surface area contributed by atoms with Crippen molar-refractivity contribution >= 4 is 28.2 Å². The number of para-hydroxylation sites is 3. The fourth-order valence-electron chi connectivity index (χ4n) is 4.78. The van der Waals surface area contributed by atoms with Crippen molar-refractivity contribution in [2.75, 3.05) is 50.2 Å². The van der Waals surface area contributed by atoms with Crippen LogP contribution in [0.4, 0.5) is 11.5 Å². The lowest BCUT2D eigenvalue weighted by atomic mass is 10.1. The SMILES string of the molecule is COc1ccccc1CNC(=O)c1cnc(N2CCN(c3ccccc3OC)CC2)c2ccccc12. The number of nitrogens with one attached hydrogen (secondary N) is 1. The second-order valence-corrected chi connectivity index (χ2v) is 8.68. The summed E-state index contributed by atoms with van der Waals surface area (Å²) in [5.74, 6) is 2.39. The van der Waals surface area contributed by atoms with Gasteiger partial charge >= 0.3 is 0 Å². The van der Waals surface area contributed by atoms with Crippen molar-refractivity contribution in [3.8, 4) is 11.5 Å². The van der Waals surface area contributed by atoms with Gasteiger partial charge in [0.1, 0.15) is 17.3 Å². The molecular weight excluding hydrogens is 452 g/mol. The van der Waals surface area contributed by atoms with Crippen LogP contribution >= 0.6 is 0 Å². The first kappa shape index (κ1) is 23.5. The lowest BCUT2D eigenvalue weighted by Gasteiger charge is -2.37. The molecule has 0 unspecified atom stereocenters. The van der Waals surface area contributed by atoms with Crippen LogP contribution in [0.3, 0.4) is 0 Å². The van der Waals surface area contributed by atoms with Crippen LogP contribution in [0.1, 0.15) is 15.9 Å². The molecule has 1 N–H and O–H groups in total. The highest BCUT2D eigenvalue weighted by molar-refractivity contribution is 6.09. The quantitative estimate of drug-likeness (QED) is 0.418. The van der Waals surface area contributed by atoms with E-state index < -0.39 is 0 Å². The van der Waals surface area contributed by atoms with Crippen LogP contribution in [-0.4, -0.2) is 51.3 Å². The van der Waals surface area contributed by atoms with E-state index in [2.05, 4.69) is 21.2 Å². The summed E-state index contributed by atoms with van der Waals surface area (Å²) in [6.45, 7) is 3.75. The molecule has 2 heterocycles. The van der Waals surface area contributed by atoms with Crippen LogP contribution in [0.5, 0.6) is 11.5 Å². The number of benzene rings is 3. The molecule has 1 aromatic heterocycles. The largest absolute Gasteiger partial charge is 0.496 e. The highest BCUT2D eigenvalue weighted by Crippen LogP contribution is 2.31. The van der Waals surface area contributed by atoms with Gasteiger partial charge in [-0.3, -0.25) is 4.79 Å². The molecule has 184 valence electrons. The number of carbonyl (C=O) groups excluding carboxylic acids is 1. The van der Waals surface area contributed by atoms with Crippen molar-refractivity contribution in [2.45, 2.75) is 6.54 Å². The Morgan fingerprint density at radius 2 is 1.42 bits per heavy atom. The van der Waals surface area contributed by atoms with E-state index in [0.29, 0.717) is 12.1 Å². The van der Waals surface area contributed by atoms with Gasteiger partial charge in [-0.15, -0.1) is 0 Å². The zero-order valence-corrected chi connectivity index (χ0v) is 20.6. The van der Waals surface area contributed by atoms with Gasteiger partial charge in [-0.05, 0) is 23.6 Å². The lowest BCUT2D eigenvalue weighted by Crippen LogP contribution is -2.47. The van der Waals surface area contributed by atoms with Crippen LogP contribution in [-0.2, 0) is 6.54 Å². The monoisotopic (exact) mass is 482 g/mol. The Balaban J connectivity index is 1.34. The fourth-order valence-corrected chi connectivity index (χ4v) is 4.78. The van der Waals surface area contributed by atoms with Crippen LogP contribution in [0.25, 0.3) is 10.8 Å². The van der Waals surface area contributed by atoms with E-state index in [9.17, 15) is 4.79 Å². The van der Waals surface area contributed by atoms with Crippen molar-refractivity contribution < 1.29 is 14.3 Å². The molecule has 1 amide bonds. The normalized spacial score (nSPS) is 13.5. The number of amides is 1. The molecule has 5 rings (SSSR count). The number of pyridine rings is 1. The minimum Gasteiger partial charge on any atom is -0.496 e. The number of piperazine rings is 1. The third kappa shape index (κ3) is 4.64. The first-order chi connectivity index (χ1) is 17.7. The van der Waals surface area contributed by atoms with Crippen molar-refractivity contribution in [1.82, 2.24) is 10.3 Å². The van der Waals surface area contributed by atoms with Crippen LogP contribution in [0.15, 0.2) is 79.0 Å². The number of anilines is 2. The first-order valence-corrected chi connectivity index (χ1v) is 12.1. The van der Waals surface area contributed by atoms with E-state index in [1.807, 2.05) is 66.7 Å². The third-order valence-corrected chi connectivity index (χ3v) is 6.66. The molecule has 1 aliphatic rings. The first-order valence-electron chi connectivity index (χ1n) is 12.1. The molecule has 0 saturated carbocycles. The smallest absolute Gasteiger partial charge is 0.253 e. The number of fused-ring (bicyclic) bond motifs is 1. The molecule has 7 nitrogen and oxygen atoms in total. The van der Waals surface area contributed by atoms with Crippen LogP contribution in [0.2, 0.25) is 0 Å². The Kier molecular flexibility index (Phi) is 6.89. The van der Waals surface area contributed by atoms with E-state index in [1.54, 1.807) is 20.4 Å². The fraction of sp³-hybridized carbons (Fsp3) is 0.241. The predicted molar refractivity (Wildman–Crippen MR) is 143 cm³/mol. The Morgan fingerprint density at radius 3 is 2.17 bits per heavy atom. The van der Waals surface area contributed by atoms with Gasteiger partial charge in [-0.25, -0.2) is 4.98 Å². The number of methoxy groups -OCH3 is 2. The van der Waals surface area contributed by atoms with Gasteiger partial charge in [0, 0.05) is 49.9 Å². The summed E-state index contributed by atoms with van der Waals surface area (Å²) in [5, 5.41) is 4.90. The minimum atomic E-state index is -0.155. The molecule has 0 spiro atoms. The molecule has 0 radical (unpaired) electrons. The number of hydrogen-bond acceptors (Lipinski definition) is 6. The molecule has 0 atom stereocenters. The molecular formula is C29H30N4O3. The van der Waals surface area contributed by atoms with Crippen LogP contribution < -0.4 is 24.6 Å². The van der Waals surface area contributed by atoms with Gasteiger partial charge in [-0.2, -0.15) is 0 Å². The minimum absolute atomic E-state index is 0.155. The molecule has 4 aromatic rings. The predicted octanol–water partition coefficient (Wildman–Crippen LogP) is 4.51. The summed E-state index contributed by atoms with van der Waals surface area (Å²) in [5.41, 5.74) is 2.60. The van der Waals surface area contributed by atoms with Crippen molar-refractivity contribution in [3.63, 3.8) is 0 Å². The van der Waals surface area contributed by atoms with Crippen molar-refractivity contribution in [2.24, 2.45) is 0 Å². The van der Waals surface area contributed by atoms with Gasteiger partial charge in [0.05, 0.1) is 25.5 Å². The van der Waals surface area contributed by atoms with Gasteiger partial charge < -0.3 is 24.6 Å². The second kappa shape index (κ2) is 10.6. The van der Waals surface area contributed by atoms with E-state index in [-0.39, 0.29) is 5.91 Å². The van der Waals surface area contributed by atoms with E-state index in [4.69, 9.17) is 14.5 Å². The van der Waals surface area contributed by atoms with E-state index in [0.717, 1.165) is 65.5 Å². The van der Waals surface area contributed by atoms with Gasteiger partial charge in [-0.1, -0.05) is 54.6 Å². The summed E-state index contributed by atoms with van der Waals surface area (Å²) in [6.07, 6.45) is 1.70. The molecule has 3 aromatic carbocycles. The summed E-state index contributed by atoms with van der Waals surface area (Å²) in [4.78, 5) is 22.6. The summed E-state index contributed by atoms with van der Waals surface area (Å²) in [6, 6.07) is 23.8. The molecule has 1 aliphatic heterocycles. The van der Waals surface area contributed by atoms with E-state index in [1.165, 1.54) is 0 Å². The van der Waals surface area contributed by atoms with Crippen molar-refractivity contribution in [1.29, 1.82) is 0 Å². The standard InChI is InChI=1S/C29H30N4O3/c1-35-26-13-7-3-9-21(26)19-31-29(34)24-20-30-28(23-11-5-4-10-22(23)24)33-17-15-32(16-18-33)25-12-6-8-14-27(25)36-2/h3-14,20H,15-19H2,1-2H3,(H,31,34). The number of nitrogens with zero attached hydrogens (tertiary/aromatic N) is 3. The number of carbonyl (C=O) groups is 1. The number of rotatable bonds is 7. The zero-order valence-electron chi connectivity index (χ0n) is 20.6. The molecule has 1 fully saturated rings. The number of ether oxygens (including phenoxy) is 2. The number of hydrogen-bond donors (Lipinski definition) is 1. The Bertz CT molecular complexity index is 1370. The number of aromatic nitrogens is 1. The van der Waals surface area contributed by atoms with Crippen molar-refractivity contribution in [3.05, 3.63) is 90.1 Å². The molecule has 7 heteroatoms. The third-order valence-electron chi connectivity index (χ3n) is 6.66. The maximum absolute atomic E-state index is 13.2. The maximum Gasteiger partial charge on any atom is 0.253 e. The molecule has 0 aliphatic carbocycles. The average molecular weight is 483 g/mol. The Labute approximate surface area is 211 Å². The van der Waals surface area contributed by atoms with Gasteiger partial charge in [0.25, 0.3) is 5.91 Å². The summed E-state index contributed by atoms with van der Waals surface area (Å²) < 4.78 is 11.0. The average Bonchev–Trinajstić information content (AvgIpc) is 2.95. The Morgan fingerprint density at radius 1 is 0.806 bits per heavy atom. The van der Waals surface area contributed by atoms with Gasteiger partial charge in [0.2, 0.25) is 0 Å². The molecule has 36 heavy (non-hydrogen) atoms. The van der Waals surface area contributed by atoms with Gasteiger partial charge in [0.15, 0.2) is 0 Å². The highest BCUT2D eigenvalue weighted by atomic mass is 16.5. The zero-order chi connectivity index (χ0) is 24.9. The van der Waals surface area contributed by atoms with E-state index >= 15 is 0 Å².